The molecule has 2 atom stereocenters. The number of amides is 1. The number of rotatable bonds is 4. The largest absolute Gasteiger partial charge is 0.381 e. The summed E-state index contributed by atoms with van der Waals surface area (Å²) in [6, 6.07) is 0.126. The molecule has 0 radical (unpaired) electrons. The first kappa shape index (κ1) is 17.4. The summed E-state index contributed by atoms with van der Waals surface area (Å²) in [7, 11) is 0. The van der Waals surface area contributed by atoms with Gasteiger partial charge in [-0.15, -0.1) is 0 Å². The van der Waals surface area contributed by atoms with Crippen molar-refractivity contribution in [2.45, 2.75) is 25.3 Å². The van der Waals surface area contributed by atoms with Crippen LogP contribution in [0.5, 0.6) is 0 Å². The van der Waals surface area contributed by atoms with Gasteiger partial charge >= 0.3 is 0 Å². The first-order valence-corrected chi connectivity index (χ1v) is 10.1. The second-order valence-electron chi connectivity index (χ2n) is 7.82. The number of imidazole rings is 1. The van der Waals surface area contributed by atoms with Crippen molar-refractivity contribution in [2.24, 2.45) is 11.8 Å². The number of anilines is 1. The number of hydrogen-bond donors (Lipinski definition) is 1. The summed E-state index contributed by atoms with van der Waals surface area (Å²) in [5.41, 5.74) is 1.65. The zero-order valence-corrected chi connectivity index (χ0v) is 15.8. The number of nitrogens with one attached hydrogen (secondary N) is 1. The van der Waals surface area contributed by atoms with Gasteiger partial charge in [-0.25, -0.2) is 9.97 Å². The minimum atomic E-state index is 0.0321. The molecule has 0 spiro atoms. The molecule has 2 aromatic rings. The Morgan fingerprint density at radius 3 is 2.82 bits per heavy atom. The van der Waals surface area contributed by atoms with Gasteiger partial charge in [0.25, 0.3) is 5.91 Å². The summed E-state index contributed by atoms with van der Waals surface area (Å²) in [6.45, 7) is 3.29. The molecule has 146 valence electrons. The number of allylic oxidation sites excluding steroid dienone is 2. The smallest absolute Gasteiger partial charge is 0.251 e. The molecule has 3 aliphatic rings. The molecule has 0 bridgehead atoms. The Hall–Kier alpha value is -2.67. The van der Waals surface area contributed by atoms with E-state index in [2.05, 4.69) is 32.3 Å². The van der Waals surface area contributed by atoms with Crippen LogP contribution in [0.2, 0.25) is 0 Å². The molecule has 1 unspecified atom stereocenters. The highest BCUT2D eigenvalue weighted by molar-refractivity contribution is 5.97. The van der Waals surface area contributed by atoms with Crippen molar-refractivity contribution >= 4 is 17.4 Å². The molecule has 1 amide bonds. The van der Waals surface area contributed by atoms with Crippen LogP contribution in [0.15, 0.2) is 48.6 Å². The average molecular weight is 379 g/mol. The normalized spacial score (nSPS) is 25.4. The zero-order chi connectivity index (χ0) is 18.9. The minimum absolute atomic E-state index is 0.0321. The zero-order valence-electron chi connectivity index (χ0n) is 15.8. The minimum Gasteiger partial charge on any atom is -0.381 e. The van der Waals surface area contributed by atoms with Crippen LogP contribution in [-0.4, -0.2) is 52.6 Å². The van der Waals surface area contributed by atoms with E-state index < -0.39 is 0 Å². The quantitative estimate of drug-likeness (QED) is 0.879. The Balaban J connectivity index is 1.21. The molecule has 7 nitrogen and oxygen atoms in total. The monoisotopic (exact) mass is 379 g/mol. The molecule has 0 saturated carbocycles. The highest BCUT2D eigenvalue weighted by atomic mass is 16.5. The predicted octanol–water partition coefficient (Wildman–Crippen LogP) is 1.96. The van der Waals surface area contributed by atoms with Crippen molar-refractivity contribution < 1.29 is 9.53 Å². The van der Waals surface area contributed by atoms with E-state index in [0.29, 0.717) is 11.8 Å². The molecule has 2 aromatic heterocycles. The van der Waals surface area contributed by atoms with Gasteiger partial charge in [0.1, 0.15) is 0 Å². The van der Waals surface area contributed by atoms with Gasteiger partial charge in [0.15, 0.2) is 11.5 Å². The molecule has 7 heteroatoms. The maximum atomic E-state index is 12.7. The van der Waals surface area contributed by atoms with Gasteiger partial charge in [0, 0.05) is 62.7 Å². The van der Waals surface area contributed by atoms with E-state index in [9.17, 15) is 4.79 Å². The molecule has 1 aliphatic carbocycles. The van der Waals surface area contributed by atoms with Gasteiger partial charge in [0.2, 0.25) is 0 Å². The highest BCUT2D eigenvalue weighted by Crippen LogP contribution is 2.31. The fraction of sp³-hybridized carbons (Fsp3) is 0.476. The summed E-state index contributed by atoms with van der Waals surface area (Å²) in [5, 5.41) is 3.21. The van der Waals surface area contributed by atoms with E-state index in [1.165, 1.54) is 0 Å². The third-order valence-corrected chi connectivity index (χ3v) is 6.06. The lowest BCUT2D eigenvalue weighted by molar-refractivity contribution is -0.117. The first-order chi connectivity index (χ1) is 13.8. The van der Waals surface area contributed by atoms with E-state index in [4.69, 9.17) is 4.74 Å². The van der Waals surface area contributed by atoms with Crippen molar-refractivity contribution in [3.05, 3.63) is 48.6 Å². The Bertz CT molecular complexity index is 928. The SMILES string of the molecule is O=C(N[C@H]1CCN(c2nccn3ccnc23)C1)C1=CC(C2CCOCC2)C=C1. The van der Waals surface area contributed by atoms with Crippen LogP contribution in [-0.2, 0) is 9.53 Å². The van der Waals surface area contributed by atoms with Crippen LogP contribution in [0.1, 0.15) is 19.3 Å². The molecule has 1 N–H and O–H groups in total. The van der Waals surface area contributed by atoms with Crippen LogP contribution in [0.3, 0.4) is 0 Å². The molecule has 0 aromatic carbocycles. The Morgan fingerprint density at radius 1 is 1.14 bits per heavy atom. The Morgan fingerprint density at radius 2 is 1.96 bits per heavy atom. The third kappa shape index (κ3) is 3.30. The molecule has 2 aliphatic heterocycles. The lowest BCUT2D eigenvalue weighted by Gasteiger charge is -2.25. The van der Waals surface area contributed by atoms with Gasteiger partial charge in [-0.3, -0.25) is 4.79 Å². The fourth-order valence-corrected chi connectivity index (χ4v) is 4.48. The van der Waals surface area contributed by atoms with E-state index in [0.717, 1.165) is 62.6 Å². The number of carbonyl (C=O) groups is 1. The van der Waals surface area contributed by atoms with E-state index >= 15 is 0 Å². The van der Waals surface area contributed by atoms with Crippen LogP contribution < -0.4 is 10.2 Å². The summed E-state index contributed by atoms with van der Waals surface area (Å²) in [6.07, 6.45) is 16.7. The highest BCUT2D eigenvalue weighted by Gasteiger charge is 2.29. The molecule has 2 fully saturated rings. The number of carbonyl (C=O) groups excluding carboxylic acids is 1. The maximum absolute atomic E-state index is 12.7. The summed E-state index contributed by atoms with van der Waals surface area (Å²) < 4.78 is 7.42. The second-order valence-corrected chi connectivity index (χ2v) is 7.82. The second kappa shape index (κ2) is 7.39. The Labute approximate surface area is 164 Å². The van der Waals surface area contributed by atoms with Crippen LogP contribution in [0, 0.1) is 11.8 Å². The number of fused-ring (bicyclic) bond motifs is 1. The molecule has 4 heterocycles. The van der Waals surface area contributed by atoms with Crippen molar-refractivity contribution in [2.75, 3.05) is 31.2 Å². The number of ether oxygens (including phenoxy) is 1. The van der Waals surface area contributed by atoms with Gasteiger partial charge in [-0.2, -0.15) is 0 Å². The van der Waals surface area contributed by atoms with Gasteiger partial charge in [0.05, 0.1) is 0 Å². The standard InChI is InChI=1S/C21H25N5O2/c27-21(17-2-1-16(13-17)15-4-11-28-12-5-15)24-18-3-8-26(14-18)20-19-22-6-9-25(19)10-7-23-20/h1-2,6-7,9-10,13,15-16,18H,3-5,8,11-12,14H2,(H,24,27)/t16?,18-/m0/s1. The van der Waals surface area contributed by atoms with Crippen molar-refractivity contribution in [1.29, 1.82) is 0 Å². The van der Waals surface area contributed by atoms with Crippen molar-refractivity contribution in [3.63, 3.8) is 0 Å². The van der Waals surface area contributed by atoms with Crippen LogP contribution in [0.25, 0.3) is 5.65 Å². The molecule has 28 heavy (non-hydrogen) atoms. The summed E-state index contributed by atoms with van der Waals surface area (Å²) in [4.78, 5) is 23.9. The molecular formula is C21H25N5O2. The van der Waals surface area contributed by atoms with Gasteiger partial charge in [-0.05, 0) is 31.1 Å². The average Bonchev–Trinajstić information content (AvgIpc) is 3.48. The van der Waals surface area contributed by atoms with Gasteiger partial charge < -0.3 is 19.4 Å². The molecule has 5 rings (SSSR count). The fourth-order valence-electron chi connectivity index (χ4n) is 4.48. The third-order valence-electron chi connectivity index (χ3n) is 6.06. The molecule has 2 saturated heterocycles. The molecular weight excluding hydrogens is 354 g/mol. The predicted molar refractivity (Wildman–Crippen MR) is 106 cm³/mol. The van der Waals surface area contributed by atoms with Crippen LogP contribution in [0.4, 0.5) is 5.82 Å². The topological polar surface area (TPSA) is 71.8 Å². The summed E-state index contributed by atoms with van der Waals surface area (Å²) >= 11 is 0. The van der Waals surface area contributed by atoms with E-state index in [1.807, 2.05) is 22.9 Å². The van der Waals surface area contributed by atoms with E-state index in [1.54, 1.807) is 12.4 Å². The van der Waals surface area contributed by atoms with Gasteiger partial charge in [-0.1, -0.05) is 18.2 Å². The number of hydrogen-bond acceptors (Lipinski definition) is 5. The maximum Gasteiger partial charge on any atom is 0.251 e. The Kier molecular flexibility index (Phi) is 4.60. The number of nitrogens with zero attached hydrogens (tertiary/aromatic N) is 4. The lowest BCUT2D eigenvalue weighted by atomic mass is 9.87. The lowest BCUT2D eigenvalue weighted by Crippen LogP contribution is -2.37. The van der Waals surface area contributed by atoms with Crippen molar-refractivity contribution in [1.82, 2.24) is 19.7 Å². The summed E-state index contributed by atoms with van der Waals surface area (Å²) in [5.74, 6) is 1.87. The van der Waals surface area contributed by atoms with Crippen LogP contribution >= 0.6 is 0 Å². The van der Waals surface area contributed by atoms with E-state index in [-0.39, 0.29) is 11.9 Å². The number of aromatic nitrogens is 3. The first-order valence-electron chi connectivity index (χ1n) is 10.1. The van der Waals surface area contributed by atoms with Crippen molar-refractivity contribution in [3.8, 4) is 0 Å².